The first-order valence-electron chi connectivity index (χ1n) is 8.18. The Balaban J connectivity index is 1.71. The molecule has 0 aliphatic heterocycles. The number of aromatic nitrogens is 3. The molecule has 1 unspecified atom stereocenters. The highest BCUT2D eigenvalue weighted by atomic mass is 16.3. The number of carbonyl (C=O) groups excluding carboxylic acids is 1. The van der Waals surface area contributed by atoms with E-state index in [1.165, 1.54) is 5.56 Å². The molecule has 0 fully saturated rings. The Labute approximate surface area is 146 Å². The Kier molecular flexibility index (Phi) is 5.20. The third-order valence-electron chi connectivity index (χ3n) is 4.09. The van der Waals surface area contributed by atoms with E-state index in [0.717, 1.165) is 17.7 Å². The predicted octanol–water partition coefficient (Wildman–Crippen LogP) is 2.29. The molecule has 1 amide bonds. The first kappa shape index (κ1) is 16.9. The number of aryl methyl sites for hydroxylation is 1. The number of aliphatic hydroxyl groups is 1. The van der Waals surface area contributed by atoms with Crippen molar-refractivity contribution in [3.05, 3.63) is 77.6 Å². The van der Waals surface area contributed by atoms with Gasteiger partial charge in [-0.3, -0.25) is 4.79 Å². The average Bonchev–Trinajstić information content (AvgIpc) is 3.21. The monoisotopic (exact) mass is 336 g/mol. The van der Waals surface area contributed by atoms with Gasteiger partial charge in [0.1, 0.15) is 0 Å². The topological polar surface area (TPSA) is 80.0 Å². The summed E-state index contributed by atoms with van der Waals surface area (Å²) in [6.07, 6.45) is 4.28. The Morgan fingerprint density at radius 3 is 2.44 bits per heavy atom. The van der Waals surface area contributed by atoms with Crippen LogP contribution in [0, 0.1) is 0 Å². The largest absolute Gasteiger partial charge is 0.394 e. The summed E-state index contributed by atoms with van der Waals surface area (Å²) in [4.78, 5) is 12.5. The predicted molar refractivity (Wildman–Crippen MR) is 94.5 cm³/mol. The van der Waals surface area contributed by atoms with Crippen LogP contribution in [0.4, 0.5) is 0 Å². The fourth-order valence-electron chi connectivity index (χ4n) is 2.57. The number of benzene rings is 2. The van der Waals surface area contributed by atoms with Gasteiger partial charge in [0.25, 0.3) is 5.91 Å². The number of aliphatic hydroxyl groups excluding tert-OH is 1. The number of amides is 1. The summed E-state index contributed by atoms with van der Waals surface area (Å²) >= 11 is 0. The van der Waals surface area contributed by atoms with E-state index < -0.39 is 6.04 Å². The molecule has 3 rings (SSSR count). The van der Waals surface area contributed by atoms with E-state index in [1.807, 2.05) is 24.3 Å². The lowest BCUT2D eigenvalue weighted by Gasteiger charge is -2.17. The van der Waals surface area contributed by atoms with E-state index in [4.69, 9.17) is 0 Å². The first-order valence-corrected chi connectivity index (χ1v) is 8.18. The Hall–Kier alpha value is -2.99. The molecule has 0 saturated carbocycles. The maximum Gasteiger partial charge on any atom is 0.251 e. The Morgan fingerprint density at radius 1 is 1.16 bits per heavy atom. The van der Waals surface area contributed by atoms with Gasteiger partial charge in [-0.25, -0.2) is 4.68 Å². The maximum atomic E-state index is 12.5. The molecule has 0 bridgehead atoms. The molecule has 6 heteroatoms. The van der Waals surface area contributed by atoms with Crippen LogP contribution < -0.4 is 5.32 Å². The third-order valence-corrected chi connectivity index (χ3v) is 4.09. The van der Waals surface area contributed by atoms with Crippen LogP contribution in [0.15, 0.2) is 60.9 Å². The number of hydrogen-bond donors (Lipinski definition) is 2. The smallest absolute Gasteiger partial charge is 0.251 e. The SMILES string of the molecule is CCc1ccc(C(CO)NC(=O)c2ccc(-n3ccnn3)cc2)cc1. The van der Waals surface area contributed by atoms with E-state index in [-0.39, 0.29) is 12.5 Å². The molecule has 25 heavy (non-hydrogen) atoms. The molecule has 1 aromatic heterocycles. The lowest BCUT2D eigenvalue weighted by atomic mass is 10.0. The maximum absolute atomic E-state index is 12.5. The van der Waals surface area contributed by atoms with Crippen molar-refractivity contribution in [1.82, 2.24) is 20.3 Å². The molecule has 1 atom stereocenters. The Morgan fingerprint density at radius 2 is 1.88 bits per heavy atom. The Bertz CT molecular complexity index is 812. The van der Waals surface area contributed by atoms with Crippen molar-refractivity contribution in [3.63, 3.8) is 0 Å². The van der Waals surface area contributed by atoms with Gasteiger partial charge < -0.3 is 10.4 Å². The van der Waals surface area contributed by atoms with Gasteiger partial charge in [-0.1, -0.05) is 36.4 Å². The molecule has 6 nitrogen and oxygen atoms in total. The molecule has 0 spiro atoms. The zero-order valence-electron chi connectivity index (χ0n) is 14.0. The lowest BCUT2D eigenvalue weighted by Crippen LogP contribution is -2.30. The van der Waals surface area contributed by atoms with Crippen LogP contribution in [0.1, 0.15) is 34.5 Å². The standard InChI is InChI=1S/C19H20N4O2/c1-2-14-3-5-15(6-4-14)18(13-24)21-19(25)16-7-9-17(10-8-16)23-12-11-20-22-23/h3-12,18,24H,2,13H2,1H3,(H,21,25). The summed E-state index contributed by atoms with van der Waals surface area (Å²) in [6.45, 7) is 1.93. The highest BCUT2D eigenvalue weighted by Gasteiger charge is 2.15. The average molecular weight is 336 g/mol. The number of nitrogens with zero attached hydrogens (tertiary/aromatic N) is 3. The van der Waals surface area contributed by atoms with Crippen molar-refractivity contribution in [2.45, 2.75) is 19.4 Å². The third kappa shape index (κ3) is 3.92. The van der Waals surface area contributed by atoms with E-state index in [0.29, 0.717) is 5.56 Å². The minimum Gasteiger partial charge on any atom is -0.394 e. The minimum atomic E-state index is -0.437. The number of hydrogen-bond acceptors (Lipinski definition) is 4. The highest BCUT2D eigenvalue weighted by molar-refractivity contribution is 5.94. The molecule has 128 valence electrons. The van der Waals surface area contributed by atoms with Crippen LogP contribution in [0.25, 0.3) is 5.69 Å². The molecule has 0 aliphatic carbocycles. The van der Waals surface area contributed by atoms with Crippen LogP contribution in [0.2, 0.25) is 0 Å². The molecule has 0 aliphatic rings. The van der Waals surface area contributed by atoms with Gasteiger partial charge in [0.05, 0.1) is 30.7 Å². The van der Waals surface area contributed by atoms with Gasteiger partial charge in [-0.15, -0.1) is 5.10 Å². The molecule has 2 N–H and O–H groups in total. The molecule has 2 aromatic carbocycles. The van der Waals surface area contributed by atoms with Crippen molar-refractivity contribution in [1.29, 1.82) is 0 Å². The zero-order chi connectivity index (χ0) is 17.6. The van der Waals surface area contributed by atoms with E-state index >= 15 is 0 Å². The second kappa shape index (κ2) is 7.72. The second-order valence-corrected chi connectivity index (χ2v) is 5.70. The van der Waals surface area contributed by atoms with Crippen molar-refractivity contribution in [3.8, 4) is 5.69 Å². The van der Waals surface area contributed by atoms with Crippen molar-refractivity contribution in [2.75, 3.05) is 6.61 Å². The van der Waals surface area contributed by atoms with Crippen LogP contribution in [0.3, 0.4) is 0 Å². The van der Waals surface area contributed by atoms with Crippen LogP contribution >= 0.6 is 0 Å². The van der Waals surface area contributed by atoms with Gasteiger partial charge in [-0.2, -0.15) is 0 Å². The molecular formula is C19H20N4O2. The van der Waals surface area contributed by atoms with Crippen molar-refractivity contribution in [2.24, 2.45) is 0 Å². The molecule has 0 radical (unpaired) electrons. The van der Waals surface area contributed by atoms with Gasteiger partial charge in [0, 0.05) is 5.56 Å². The van der Waals surface area contributed by atoms with Gasteiger partial charge in [-0.05, 0) is 41.8 Å². The summed E-state index contributed by atoms with van der Waals surface area (Å²) in [5, 5.41) is 20.2. The van der Waals surface area contributed by atoms with E-state index in [9.17, 15) is 9.90 Å². The minimum absolute atomic E-state index is 0.158. The van der Waals surface area contributed by atoms with E-state index in [1.54, 1.807) is 41.3 Å². The summed E-state index contributed by atoms with van der Waals surface area (Å²) in [5.74, 6) is -0.233. The molecule has 3 aromatic rings. The van der Waals surface area contributed by atoms with Gasteiger partial charge in [0.2, 0.25) is 0 Å². The van der Waals surface area contributed by atoms with Crippen LogP contribution in [-0.2, 0) is 6.42 Å². The van der Waals surface area contributed by atoms with Gasteiger partial charge >= 0.3 is 0 Å². The van der Waals surface area contributed by atoms with Gasteiger partial charge in [0.15, 0.2) is 0 Å². The highest BCUT2D eigenvalue weighted by Crippen LogP contribution is 2.15. The summed E-state index contributed by atoms with van der Waals surface area (Å²) in [7, 11) is 0. The summed E-state index contributed by atoms with van der Waals surface area (Å²) in [6, 6.07) is 14.5. The normalized spacial score (nSPS) is 11.9. The van der Waals surface area contributed by atoms with Crippen LogP contribution in [0.5, 0.6) is 0 Å². The fraction of sp³-hybridized carbons (Fsp3) is 0.211. The number of nitrogens with one attached hydrogen (secondary N) is 1. The fourth-order valence-corrected chi connectivity index (χ4v) is 2.57. The summed E-state index contributed by atoms with van der Waals surface area (Å²) in [5.41, 5.74) is 3.44. The number of rotatable bonds is 6. The van der Waals surface area contributed by atoms with Crippen molar-refractivity contribution >= 4 is 5.91 Å². The quantitative estimate of drug-likeness (QED) is 0.724. The molecular weight excluding hydrogens is 316 g/mol. The zero-order valence-corrected chi connectivity index (χ0v) is 14.0. The first-order chi connectivity index (χ1) is 12.2. The van der Waals surface area contributed by atoms with E-state index in [2.05, 4.69) is 22.6 Å². The summed E-state index contributed by atoms with van der Waals surface area (Å²) < 4.78 is 1.62. The van der Waals surface area contributed by atoms with Crippen molar-refractivity contribution < 1.29 is 9.90 Å². The molecule has 1 heterocycles. The lowest BCUT2D eigenvalue weighted by molar-refractivity contribution is 0.0916. The van der Waals surface area contributed by atoms with Crippen LogP contribution in [-0.4, -0.2) is 32.6 Å². The molecule has 0 saturated heterocycles. The second-order valence-electron chi connectivity index (χ2n) is 5.70. The number of carbonyl (C=O) groups is 1.